The smallest absolute Gasteiger partial charge is 0.310 e. The number of rotatable bonds is 6. The molecular formula is C26H30ClN7O5S. The highest BCUT2D eigenvalue weighted by atomic mass is 35.5. The van der Waals surface area contributed by atoms with Gasteiger partial charge >= 0.3 is 5.91 Å². The molecule has 4 heterocycles. The number of benzene rings is 1. The number of carbonyl (C=O) groups excluding carboxylic acids is 2. The van der Waals surface area contributed by atoms with Crippen molar-refractivity contribution >= 4 is 44.3 Å². The summed E-state index contributed by atoms with van der Waals surface area (Å²) in [7, 11) is -0.921. The third kappa shape index (κ3) is 5.19. The molecule has 0 saturated carbocycles. The molecule has 2 amide bonds. The summed E-state index contributed by atoms with van der Waals surface area (Å²) < 4.78 is 34.9. The van der Waals surface area contributed by atoms with Crippen molar-refractivity contribution in [1.29, 1.82) is 5.26 Å². The Morgan fingerprint density at radius 2 is 2.08 bits per heavy atom. The lowest BCUT2D eigenvalue weighted by Crippen LogP contribution is -2.57. The molecule has 2 aromatic heterocycles. The maximum atomic E-state index is 13.9. The molecule has 12 nitrogen and oxygen atoms in total. The molecule has 212 valence electrons. The number of carbonyl (C=O) groups is 2. The van der Waals surface area contributed by atoms with Crippen LogP contribution in [0.15, 0.2) is 27.6 Å². The number of nitrogens with one attached hydrogen (secondary N) is 2. The molecule has 2 N–H and O–H groups in total. The van der Waals surface area contributed by atoms with Crippen molar-refractivity contribution in [3.05, 3.63) is 46.1 Å². The molecule has 1 saturated heterocycles. The largest absolute Gasteiger partial charge is 0.436 e. The molecule has 0 spiro atoms. The maximum absolute atomic E-state index is 13.9. The number of hydrogen-bond acceptors (Lipinski definition) is 8. The monoisotopic (exact) mass is 587 g/mol. The van der Waals surface area contributed by atoms with Crippen LogP contribution in [-0.2, 0) is 34.2 Å². The van der Waals surface area contributed by atoms with E-state index in [1.807, 2.05) is 13.0 Å². The van der Waals surface area contributed by atoms with E-state index in [4.69, 9.17) is 16.0 Å². The number of nitriles is 1. The van der Waals surface area contributed by atoms with Crippen molar-refractivity contribution in [2.45, 2.75) is 49.8 Å². The summed E-state index contributed by atoms with van der Waals surface area (Å²) in [6, 6.07) is 6.41. The first-order valence-corrected chi connectivity index (χ1v) is 14.7. The second-order valence-corrected chi connectivity index (χ2v) is 12.7. The zero-order valence-corrected chi connectivity index (χ0v) is 24.0. The predicted octanol–water partition coefficient (Wildman–Crippen LogP) is 1.90. The minimum Gasteiger partial charge on any atom is -0.436 e. The second-order valence-electron chi connectivity index (χ2n) is 10.3. The number of fused-ring (bicyclic) bond motifs is 2. The van der Waals surface area contributed by atoms with Gasteiger partial charge in [-0.05, 0) is 25.1 Å². The number of H-pyrrole nitrogens is 1. The first-order chi connectivity index (χ1) is 19.0. The molecule has 3 aromatic rings. The summed E-state index contributed by atoms with van der Waals surface area (Å²) >= 11 is 6.15. The van der Waals surface area contributed by atoms with Gasteiger partial charge in [0.2, 0.25) is 5.91 Å². The molecule has 0 aliphatic carbocycles. The fourth-order valence-electron chi connectivity index (χ4n) is 5.19. The molecule has 0 bridgehead atoms. The molecule has 5 rings (SSSR count). The van der Waals surface area contributed by atoms with Crippen molar-refractivity contribution in [3.8, 4) is 6.07 Å². The average molecular weight is 588 g/mol. The lowest BCUT2D eigenvalue weighted by molar-refractivity contribution is -0.130. The highest BCUT2D eigenvalue weighted by Crippen LogP contribution is 2.32. The van der Waals surface area contributed by atoms with Gasteiger partial charge < -0.3 is 24.5 Å². The maximum Gasteiger partial charge on any atom is 0.310 e. The minimum absolute atomic E-state index is 0.0120. The number of piperazine rings is 1. The van der Waals surface area contributed by atoms with Crippen LogP contribution in [0.25, 0.3) is 10.9 Å². The summed E-state index contributed by atoms with van der Waals surface area (Å²) in [4.78, 5) is 36.6. The van der Waals surface area contributed by atoms with Crippen molar-refractivity contribution in [2.24, 2.45) is 0 Å². The third-order valence-corrected chi connectivity index (χ3v) is 9.48. The average Bonchev–Trinajstić information content (AvgIpc) is 3.50. The number of nitrogens with zero attached hydrogens (tertiary/aromatic N) is 5. The Morgan fingerprint density at radius 1 is 1.30 bits per heavy atom. The standard InChI is InChI=1S/C26H30ClN7O5S/c1-15-10-21-22(13-29-15)39-24(30-21)26(36)34-9-8-33(14-17(34)12-23(35)32(2)3)40(37,38)25-18(6-7-28)19-11-16(27)4-5-20(19)31-25/h4-5,11,15,17,29,31H,6,8-10,12-14H2,1-3H3. The quantitative estimate of drug-likeness (QED) is 0.443. The number of halogens is 1. The SMILES string of the molecule is CC1Cc2nc(C(=O)N3CCN(S(=O)(=O)c4[nH]c5ccc(Cl)cc5c4CC#N)CC3CC(=O)N(C)C)oc2CN1. The zero-order valence-electron chi connectivity index (χ0n) is 22.4. The first-order valence-electron chi connectivity index (χ1n) is 12.9. The number of aromatic nitrogens is 2. The van der Waals surface area contributed by atoms with Gasteiger partial charge in [-0.15, -0.1) is 0 Å². The Morgan fingerprint density at radius 3 is 2.80 bits per heavy atom. The van der Waals surface area contributed by atoms with Gasteiger partial charge in [-0.1, -0.05) is 11.6 Å². The van der Waals surface area contributed by atoms with Crippen molar-refractivity contribution in [1.82, 2.24) is 29.4 Å². The first kappa shape index (κ1) is 28.1. The normalized spacial score (nSPS) is 19.8. The number of hydrogen-bond donors (Lipinski definition) is 2. The van der Waals surface area contributed by atoms with Crippen LogP contribution in [0.5, 0.6) is 0 Å². The molecule has 1 aromatic carbocycles. The van der Waals surface area contributed by atoms with Crippen molar-refractivity contribution in [2.75, 3.05) is 33.7 Å². The molecule has 2 unspecified atom stereocenters. The van der Waals surface area contributed by atoms with Gasteiger partial charge in [0.05, 0.1) is 30.8 Å². The van der Waals surface area contributed by atoms with Crippen LogP contribution in [0.3, 0.4) is 0 Å². The van der Waals surface area contributed by atoms with Gasteiger partial charge in [0.15, 0.2) is 5.03 Å². The lowest BCUT2D eigenvalue weighted by Gasteiger charge is -2.40. The van der Waals surface area contributed by atoms with Crippen molar-refractivity contribution in [3.63, 3.8) is 0 Å². The van der Waals surface area contributed by atoms with Gasteiger partial charge in [0.1, 0.15) is 5.76 Å². The Labute approximate surface area is 236 Å². The molecule has 14 heteroatoms. The Hall–Kier alpha value is -3.44. The molecule has 0 radical (unpaired) electrons. The van der Waals surface area contributed by atoms with E-state index in [1.165, 1.54) is 14.1 Å². The summed E-state index contributed by atoms with van der Waals surface area (Å²) in [5, 5.41) is 13.6. The zero-order chi connectivity index (χ0) is 28.8. The van der Waals surface area contributed by atoms with Crippen LogP contribution >= 0.6 is 11.6 Å². The summed E-state index contributed by atoms with van der Waals surface area (Å²) in [5.74, 6) is -0.200. The Kier molecular flexibility index (Phi) is 7.62. The summed E-state index contributed by atoms with van der Waals surface area (Å²) in [6.45, 7) is 2.39. The van der Waals surface area contributed by atoms with Gasteiger partial charge in [-0.3, -0.25) is 9.59 Å². The molecule has 2 atom stereocenters. The molecular weight excluding hydrogens is 558 g/mol. The number of oxazole rings is 1. The van der Waals surface area contributed by atoms with Gasteiger partial charge in [-0.2, -0.15) is 9.57 Å². The van der Waals surface area contributed by atoms with Crippen LogP contribution < -0.4 is 5.32 Å². The second kappa shape index (κ2) is 10.9. The van der Waals surface area contributed by atoms with E-state index in [2.05, 4.69) is 15.3 Å². The molecule has 2 aliphatic rings. The van der Waals surface area contributed by atoms with E-state index in [-0.39, 0.29) is 55.3 Å². The van der Waals surface area contributed by atoms with E-state index in [1.54, 1.807) is 32.3 Å². The van der Waals surface area contributed by atoms with Crippen LogP contribution in [-0.4, -0.2) is 90.1 Å². The molecule has 2 aliphatic heterocycles. The fraction of sp³-hybridized carbons (Fsp3) is 0.462. The van der Waals surface area contributed by atoms with Crippen LogP contribution in [0.1, 0.15) is 41.0 Å². The fourth-order valence-corrected chi connectivity index (χ4v) is 7.05. The van der Waals surface area contributed by atoms with Crippen molar-refractivity contribution < 1.29 is 22.4 Å². The molecule has 1 fully saturated rings. The van der Waals surface area contributed by atoms with Crippen LogP contribution in [0, 0.1) is 11.3 Å². The predicted molar refractivity (Wildman–Crippen MR) is 146 cm³/mol. The van der Waals surface area contributed by atoms with Crippen LogP contribution in [0.2, 0.25) is 5.02 Å². The highest BCUT2D eigenvalue weighted by Gasteiger charge is 2.41. The third-order valence-electron chi connectivity index (χ3n) is 7.37. The van der Waals surface area contributed by atoms with Gasteiger partial charge in [-0.25, -0.2) is 13.4 Å². The minimum atomic E-state index is -4.13. The Balaban J connectivity index is 1.46. The van der Waals surface area contributed by atoms with E-state index in [0.717, 1.165) is 5.69 Å². The number of amides is 2. The lowest BCUT2D eigenvalue weighted by atomic mass is 10.1. The molecule has 40 heavy (non-hydrogen) atoms. The van der Waals surface area contributed by atoms with Gasteiger partial charge in [0, 0.05) is 74.1 Å². The Bertz CT molecular complexity index is 1620. The number of sulfonamides is 1. The van der Waals surface area contributed by atoms with E-state index < -0.39 is 22.0 Å². The van der Waals surface area contributed by atoms with E-state index in [0.29, 0.717) is 40.2 Å². The highest BCUT2D eigenvalue weighted by molar-refractivity contribution is 7.89. The van der Waals surface area contributed by atoms with E-state index in [9.17, 15) is 23.3 Å². The van der Waals surface area contributed by atoms with Crippen LogP contribution in [0.4, 0.5) is 0 Å². The van der Waals surface area contributed by atoms with Gasteiger partial charge in [0.25, 0.3) is 15.9 Å². The summed E-state index contributed by atoms with van der Waals surface area (Å²) in [5.41, 5.74) is 1.59. The summed E-state index contributed by atoms with van der Waals surface area (Å²) in [6.07, 6.45) is 0.400. The topological polar surface area (TPSA) is 156 Å². The van der Waals surface area contributed by atoms with E-state index >= 15 is 0 Å². The number of aromatic amines is 1.